The molecule has 0 unspecified atom stereocenters. The summed E-state index contributed by atoms with van der Waals surface area (Å²) in [6.07, 6.45) is 0. The van der Waals surface area contributed by atoms with E-state index in [0.717, 1.165) is 0 Å². The van der Waals surface area contributed by atoms with Gasteiger partial charge in [-0.1, -0.05) is 0 Å². The van der Waals surface area contributed by atoms with Gasteiger partial charge in [0.25, 0.3) is 0 Å². The van der Waals surface area contributed by atoms with E-state index in [1.165, 1.54) is 0 Å². The standard InChI is InChI=1S/C2H3FO2.Eu/c3-1-2(4)5;/h1H2,(H,4,5);. The summed E-state index contributed by atoms with van der Waals surface area (Å²) in [5, 5.41) is 7.35. The predicted molar refractivity (Wildman–Crippen MR) is 13.6 cm³/mol. The monoisotopic (exact) mass is 231 g/mol. The third-order valence-electron chi connectivity index (χ3n) is 0.114. The second-order valence-electron chi connectivity index (χ2n) is 0.527. The van der Waals surface area contributed by atoms with E-state index in [4.69, 9.17) is 9.90 Å². The number of aliphatic carboxylic acids is 1. The molecule has 0 aliphatic carbocycles. The molecule has 0 bridgehead atoms. The molecule has 0 aromatic heterocycles. The topological polar surface area (TPSA) is 37.3 Å². The summed E-state index contributed by atoms with van der Waals surface area (Å²) in [4.78, 5) is 8.99. The molecular weight excluding hydrogens is 227 g/mol. The van der Waals surface area contributed by atoms with Crippen LogP contribution in [-0.4, -0.2) is 17.8 Å². The first kappa shape index (κ1) is 10.1. The van der Waals surface area contributed by atoms with Crippen molar-refractivity contribution in [3.8, 4) is 0 Å². The van der Waals surface area contributed by atoms with Gasteiger partial charge in [0.1, 0.15) is 0 Å². The fraction of sp³-hybridized carbons (Fsp3) is 0.500. The van der Waals surface area contributed by atoms with Gasteiger partial charge in [0.05, 0.1) is 0 Å². The maximum absolute atomic E-state index is 10.5. The number of alkyl halides is 1. The Bertz CT molecular complexity index is 46.8. The zero-order valence-corrected chi connectivity index (χ0v) is 5.24. The number of carboxylic acids is 1. The first-order chi connectivity index (χ1) is 2.27. The number of carboxylic acid groups (broad SMARTS) is 1. The molecule has 6 heavy (non-hydrogen) atoms. The van der Waals surface area contributed by atoms with Crippen LogP contribution in [0.4, 0.5) is 4.39 Å². The fourth-order valence-corrected chi connectivity index (χ4v) is 0. The Balaban J connectivity index is 0. The molecule has 4 heteroatoms. The largest absolute Gasteiger partial charge is 0.479 e. The SMILES string of the molecule is O=C(O)CF.[Eu]. The zero-order chi connectivity index (χ0) is 4.28. The van der Waals surface area contributed by atoms with Crippen LogP contribution in [-0.2, 0) is 4.79 Å². The molecule has 0 atom stereocenters. The molecule has 0 aromatic rings. The smallest absolute Gasteiger partial charge is 0.335 e. The minimum Gasteiger partial charge on any atom is -0.479 e. The van der Waals surface area contributed by atoms with E-state index in [-0.39, 0.29) is 49.4 Å². The van der Waals surface area contributed by atoms with Crippen molar-refractivity contribution in [1.29, 1.82) is 0 Å². The third kappa shape index (κ3) is 8.88. The molecule has 2 nitrogen and oxygen atoms in total. The summed E-state index contributed by atoms with van der Waals surface area (Å²) >= 11 is 0. The molecule has 0 saturated carbocycles. The summed E-state index contributed by atoms with van der Waals surface area (Å²) in [5.74, 6) is -1.41. The van der Waals surface area contributed by atoms with Crippen LogP contribution < -0.4 is 0 Å². The van der Waals surface area contributed by atoms with Crippen molar-refractivity contribution in [3.05, 3.63) is 0 Å². The van der Waals surface area contributed by atoms with Crippen LogP contribution in [0.15, 0.2) is 0 Å². The molecule has 0 aromatic carbocycles. The van der Waals surface area contributed by atoms with E-state index in [1.807, 2.05) is 0 Å². The Kier molecular flexibility index (Phi) is 10.0. The van der Waals surface area contributed by atoms with Crippen molar-refractivity contribution in [3.63, 3.8) is 0 Å². The Morgan fingerprint density at radius 3 is 2.00 bits per heavy atom. The van der Waals surface area contributed by atoms with Crippen molar-refractivity contribution in [2.45, 2.75) is 0 Å². The summed E-state index contributed by atoms with van der Waals surface area (Å²) < 4.78 is 10.5. The van der Waals surface area contributed by atoms with Crippen LogP contribution in [0.2, 0.25) is 0 Å². The van der Waals surface area contributed by atoms with Gasteiger partial charge in [0.15, 0.2) is 6.67 Å². The van der Waals surface area contributed by atoms with Gasteiger partial charge in [-0.2, -0.15) is 0 Å². The van der Waals surface area contributed by atoms with Crippen LogP contribution in [0.25, 0.3) is 0 Å². The molecule has 0 aliphatic heterocycles. The number of hydrogen-bond acceptors (Lipinski definition) is 1. The summed E-state index contributed by atoms with van der Waals surface area (Å²) in [6.45, 7) is -1.28. The Labute approximate surface area is 75.3 Å². The van der Waals surface area contributed by atoms with Crippen molar-refractivity contribution in [1.82, 2.24) is 0 Å². The molecular formula is C2H3EuFO2. The number of carbonyl (C=O) groups is 1. The molecule has 1 N–H and O–H groups in total. The van der Waals surface area contributed by atoms with Crippen molar-refractivity contribution >= 4 is 5.97 Å². The van der Waals surface area contributed by atoms with E-state index < -0.39 is 12.6 Å². The molecule has 0 spiro atoms. The van der Waals surface area contributed by atoms with Crippen LogP contribution in [0.5, 0.6) is 0 Å². The van der Waals surface area contributed by atoms with Gasteiger partial charge >= 0.3 is 5.97 Å². The maximum atomic E-state index is 10.5. The molecule has 0 fully saturated rings. The first-order valence-corrected chi connectivity index (χ1v) is 1.05. The second kappa shape index (κ2) is 5.98. The molecule has 0 aliphatic rings. The van der Waals surface area contributed by atoms with Gasteiger partial charge in [0.2, 0.25) is 0 Å². The van der Waals surface area contributed by atoms with Crippen LogP contribution >= 0.6 is 0 Å². The van der Waals surface area contributed by atoms with Crippen LogP contribution in [0, 0.1) is 49.4 Å². The summed E-state index contributed by atoms with van der Waals surface area (Å²) in [5.41, 5.74) is 0. The maximum Gasteiger partial charge on any atom is 0.335 e. The van der Waals surface area contributed by atoms with E-state index in [1.54, 1.807) is 0 Å². The van der Waals surface area contributed by atoms with E-state index in [9.17, 15) is 4.39 Å². The quantitative estimate of drug-likeness (QED) is 0.690. The Morgan fingerprint density at radius 1 is 1.83 bits per heavy atom. The molecule has 0 rings (SSSR count). The molecule has 0 heterocycles. The third-order valence-corrected chi connectivity index (χ3v) is 0.114. The van der Waals surface area contributed by atoms with Crippen LogP contribution in [0.1, 0.15) is 0 Å². The number of halogens is 1. The van der Waals surface area contributed by atoms with Gasteiger partial charge in [0, 0.05) is 49.4 Å². The average molecular weight is 230 g/mol. The molecule has 0 saturated heterocycles. The minimum absolute atomic E-state index is 0. The fourth-order valence-electron chi connectivity index (χ4n) is 0. The number of hydrogen-bond donors (Lipinski definition) is 1. The van der Waals surface area contributed by atoms with E-state index in [0.29, 0.717) is 0 Å². The Hall–Kier alpha value is 0.984. The molecule has 37 valence electrons. The average Bonchev–Trinajstić information content (AvgIpc) is 1.38. The van der Waals surface area contributed by atoms with Crippen LogP contribution in [0.3, 0.4) is 0 Å². The van der Waals surface area contributed by atoms with Gasteiger partial charge < -0.3 is 5.11 Å². The van der Waals surface area contributed by atoms with Gasteiger partial charge in [-0.3, -0.25) is 0 Å². The summed E-state index contributed by atoms with van der Waals surface area (Å²) in [7, 11) is 0. The zero-order valence-electron chi connectivity index (χ0n) is 2.82. The van der Waals surface area contributed by atoms with E-state index in [2.05, 4.69) is 0 Å². The normalized spacial score (nSPS) is 6.17. The minimum atomic E-state index is -1.41. The summed E-state index contributed by atoms with van der Waals surface area (Å²) in [6, 6.07) is 0. The predicted octanol–water partition coefficient (Wildman–Crippen LogP) is 0.0405. The van der Waals surface area contributed by atoms with Gasteiger partial charge in [-0.05, 0) is 0 Å². The Morgan fingerprint density at radius 2 is 2.00 bits per heavy atom. The van der Waals surface area contributed by atoms with Crippen molar-refractivity contribution in [2.24, 2.45) is 0 Å². The molecule has 1 radical (unpaired) electrons. The van der Waals surface area contributed by atoms with E-state index >= 15 is 0 Å². The first-order valence-electron chi connectivity index (χ1n) is 1.05. The number of rotatable bonds is 1. The van der Waals surface area contributed by atoms with Gasteiger partial charge in [-0.25, -0.2) is 9.18 Å². The molecule has 0 amide bonds. The van der Waals surface area contributed by atoms with Crippen molar-refractivity contribution in [2.75, 3.05) is 6.67 Å². The van der Waals surface area contributed by atoms with Gasteiger partial charge in [-0.15, -0.1) is 0 Å². The van der Waals surface area contributed by atoms with Crippen molar-refractivity contribution < 1.29 is 63.7 Å². The second-order valence-corrected chi connectivity index (χ2v) is 0.527.